The number of nitrogens with one attached hydrogen (secondary N) is 1. The Labute approximate surface area is 80.7 Å². The maximum atomic E-state index is 10.7. The zero-order valence-corrected chi connectivity index (χ0v) is 8.10. The Morgan fingerprint density at radius 3 is 3.15 bits per heavy atom. The van der Waals surface area contributed by atoms with Gasteiger partial charge in [0.1, 0.15) is 4.88 Å². The average Bonchev–Trinajstić information content (AvgIpc) is 2.53. The monoisotopic (exact) mass is 197 g/mol. The maximum absolute atomic E-state index is 10.7. The van der Waals surface area contributed by atoms with Crippen molar-refractivity contribution >= 4 is 23.4 Å². The van der Waals surface area contributed by atoms with Crippen LogP contribution in [0, 0.1) is 0 Å². The van der Waals surface area contributed by atoms with Crippen molar-refractivity contribution in [1.82, 2.24) is 5.32 Å². The third kappa shape index (κ3) is 2.68. The number of likely N-dealkylation sites (N-methyl/N-ethyl adjacent to an activating group) is 1. The summed E-state index contributed by atoms with van der Waals surface area (Å²) >= 11 is 1.24. The first kappa shape index (κ1) is 9.95. The second-order valence-corrected chi connectivity index (χ2v) is 3.39. The van der Waals surface area contributed by atoms with Gasteiger partial charge in [-0.1, -0.05) is 12.2 Å². The molecule has 0 spiro atoms. The molecular formula is C9H11NO2S. The Hall–Kier alpha value is -1.13. The van der Waals surface area contributed by atoms with Gasteiger partial charge in [-0.25, -0.2) is 4.79 Å². The minimum atomic E-state index is -0.862. The molecule has 0 aliphatic rings. The Morgan fingerprint density at radius 1 is 1.77 bits per heavy atom. The smallest absolute Gasteiger partial charge is 0.346 e. The standard InChI is InChI=1S/C9H11NO2S/c1-10-5-2-3-7-4-6-13-8(7)9(11)12/h2-4,6,10H,5H2,1H3,(H,11,12). The summed E-state index contributed by atoms with van der Waals surface area (Å²) < 4.78 is 0. The van der Waals surface area contributed by atoms with Gasteiger partial charge in [0.2, 0.25) is 0 Å². The highest BCUT2D eigenvalue weighted by Gasteiger charge is 2.08. The number of thiophene rings is 1. The summed E-state index contributed by atoms with van der Waals surface area (Å²) in [6, 6.07) is 1.81. The van der Waals surface area contributed by atoms with Gasteiger partial charge < -0.3 is 10.4 Å². The molecule has 0 bridgehead atoms. The Morgan fingerprint density at radius 2 is 2.54 bits per heavy atom. The number of carboxylic acids is 1. The van der Waals surface area contributed by atoms with Crippen molar-refractivity contribution in [2.45, 2.75) is 0 Å². The van der Waals surface area contributed by atoms with E-state index in [0.29, 0.717) is 4.88 Å². The van der Waals surface area contributed by atoms with E-state index in [4.69, 9.17) is 5.11 Å². The SMILES string of the molecule is CNCC=Cc1ccsc1C(=O)O. The van der Waals surface area contributed by atoms with Crippen LogP contribution in [0.1, 0.15) is 15.2 Å². The molecular weight excluding hydrogens is 186 g/mol. The molecule has 0 aliphatic heterocycles. The molecule has 0 fully saturated rings. The normalized spacial score (nSPS) is 10.8. The Kier molecular flexibility index (Phi) is 3.67. The molecule has 0 aliphatic carbocycles. The van der Waals surface area contributed by atoms with Gasteiger partial charge >= 0.3 is 5.97 Å². The number of hydrogen-bond donors (Lipinski definition) is 2. The first-order valence-corrected chi connectivity index (χ1v) is 4.75. The molecule has 0 amide bonds. The van der Waals surface area contributed by atoms with Crippen molar-refractivity contribution in [2.24, 2.45) is 0 Å². The number of carbonyl (C=O) groups is 1. The van der Waals surface area contributed by atoms with Crippen LogP contribution in [0.5, 0.6) is 0 Å². The molecule has 13 heavy (non-hydrogen) atoms. The van der Waals surface area contributed by atoms with E-state index < -0.39 is 5.97 Å². The van der Waals surface area contributed by atoms with Gasteiger partial charge in [0, 0.05) is 6.54 Å². The van der Waals surface area contributed by atoms with E-state index in [1.54, 1.807) is 11.4 Å². The van der Waals surface area contributed by atoms with E-state index in [0.717, 1.165) is 12.1 Å². The summed E-state index contributed by atoms with van der Waals surface area (Å²) in [5.41, 5.74) is 0.771. The third-order valence-corrected chi connectivity index (χ3v) is 2.43. The molecule has 70 valence electrons. The number of carboxylic acid groups (broad SMARTS) is 1. The topological polar surface area (TPSA) is 49.3 Å². The summed E-state index contributed by atoms with van der Waals surface area (Å²) in [4.78, 5) is 11.1. The molecule has 1 rings (SSSR count). The highest BCUT2D eigenvalue weighted by Crippen LogP contribution is 2.17. The van der Waals surface area contributed by atoms with Gasteiger partial charge in [-0.15, -0.1) is 11.3 Å². The number of hydrogen-bond acceptors (Lipinski definition) is 3. The first-order chi connectivity index (χ1) is 6.25. The van der Waals surface area contributed by atoms with Gasteiger partial charge in [0.05, 0.1) is 0 Å². The Bertz CT molecular complexity index is 317. The molecule has 1 heterocycles. The van der Waals surface area contributed by atoms with Crippen LogP contribution in [-0.2, 0) is 0 Å². The lowest BCUT2D eigenvalue weighted by atomic mass is 10.2. The molecule has 0 unspecified atom stereocenters. The molecule has 0 saturated carbocycles. The molecule has 4 heteroatoms. The molecule has 1 aromatic rings. The molecule has 3 nitrogen and oxygen atoms in total. The van der Waals surface area contributed by atoms with Crippen molar-refractivity contribution in [3.8, 4) is 0 Å². The van der Waals surface area contributed by atoms with Crippen molar-refractivity contribution in [2.75, 3.05) is 13.6 Å². The van der Waals surface area contributed by atoms with Crippen LogP contribution in [0.3, 0.4) is 0 Å². The fraction of sp³-hybridized carbons (Fsp3) is 0.222. The average molecular weight is 197 g/mol. The van der Waals surface area contributed by atoms with Gasteiger partial charge in [-0.05, 0) is 24.1 Å². The fourth-order valence-corrected chi connectivity index (χ4v) is 1.65. The van der Waals surface area contributed by atoms with Gasteiger partial charge in [0.25, 0.3) is 0 Å². The van der Waals surface area contributed by atoms with Crippen molar-refractivity contribution in [1.29, 1.82) is 0 Å². The minimum Gasteiger partial charge on any atom is -0.477 e. The summed E-state index contributed by atoms with van der Waals surface area (Å²) in [7, 11) is 1.84. The molecule has 2 N–H and O–H groups in total. The quantitative estimate of drug-likeness (QED) is 0.772. The zero-order chi connectivity index (χ0) is 9.68. The predicted octanol–water partition coefficient (Wildman–Crippen LogP) is 1.68. The van der Waals surface area contributed by atoms with E-state index in [1.165, 1.54) is 11.3 Å². The van der Waals surface area contributed by atoms with Gasteiger partial charge in [-0.3, -0.25) is 0 Å². The summed E-state index contributed by atoms with van der Waals surface area (Å²) in [6.45, 7) is 0.745. The second kappa shape index (κ2) is 4.79. The van der Waals surface area contributed by atoms with E-state index in [9.17, 15) is 4.79 Å². The highest BCUT2D eigenvalue weighted by molar-refractivity contribution is 7.12. The molecule has 1 aromatic heterocycles. The number of aromatic carboxylic acids is 1. The third-order valence-electron chi connectivity index (χ3n) is 1.51. The van der Waals surface area contributed by atoms with Gasteiger partial charge in [0.15, 0.2) is 0 Å². The highest BCUT2D eigenvalue weighted by atomic mass is 32.1. The molecule has 0 radical (unpaired) electrons. The fourth-order valence-electron chi connectivity index (χ4n) is 0.928. The van der Waals surface area contributed by atoms with Crippen LogP contribution in [0.2, 0.25) is 0 Å². The zero-order valence-electron chi connectivity index (χ0n) is 7.28. The lowest BCUT2D eigenvalue weighted by molar-refractivity contribution is 0.0702. The second-order valence-electron chi connectivity index (χ2n) is 2.47. The van der Waals surface area contributed by atoms with Gasteiger partial charge in [-0.2, -0.15) is 0 Å². The molecule has 0 aromatic carbocycles. The molecule has 0 atom stereocenters. The summed E-state index contributed by atoms with van der Waals surface area (Å²) in [5.74, 6) is -0.862. The first-order valence-electron chi connectivity index (χ1n) is 3.87. The van der Waals surface area contributed by atoms with Crippen molar-refractivity contribution in [3.63, 3.8) is 0 Å². The largest absolute Gasteiger partial charge is 0.477 e. The van der Waals surface area contributed by atoms with Crippen LogP contribution in [0.25, 0.3) is 6.08 Å². The Balaban J connectivity index is 2.76. The van der Waals surface area contributed by atoms with E-state index >= 15 is 0 Å². The summed E-state index contributed by atoms with van der Waals surface area (Å²) in [6.07, 6.45) is 3.71. The number of rotatable bonds is 4. The predicted molar refractivity (Wildman–Crippen MR) is 54.2 cm³/mol. The van der Waals surface area contributed by atoms with E-state index in [-0.39, 0.29) is 0 Å². The lowest BCUT2D eigenvalue weighted by Crippen LogP contribution is -2.03. The van der Waals surface area contributed by atoms with Crippen LogP contribution < -0.4 is 5.32 Å². The van der Waals surface area contributed by atoms with Crippen molar-refractivity contribution in [3.05, 3.63) is 28.0 Å². The van der Waals surface area contributed by atoms with E-state index in [2.05, 4.69) is 5.32 Å². The maximum Gasteiger partial charge on any atom is 0.346 e. The molecule has 0 saturated heterocycles. The van der Waals surface area contributed by atoms with Crippen molar-refractivity contribution < 1.29 is 9.90 Å². The van der Waals surface area contributed by atoms with E-state index in [1.807, 2.05) is 19.2 Å². The lowest BCUT2D eigenvalue weighted by Gasteiger charge is -1.91. The minimum absolute atomic E-state index is 0.396. The van der Waals surface area contributed by atoms with Crippen LogP contribution in [0.4, 0.5) is 0 Å². The van der Waals surface area contributed by atoms with Crippen LogP contribution >= 0.6 is 11.3 Å². The van der Waals surface area contributed by atoms with Crippen LogP contribution in [0.15, 0.2) is 17.5 Å². The van der Waals surface area contributed by atoms with Crippen LogP contribution in [-0.4, -0.2) is 24.7 Å². The summed E-state index contributed by atoms with van der Waals surface area (Å²) in [5, 5.41) is 13.5.